The van der Waals surface area contributed by atoms with Crippen LogP contribution in [0.2, 0.25) is 0 Å². The Morgan fingerprint density at radius 2 is 1.91 bits per heavy atom. The van der Waals surface area contributed by atoms with Gasteiger partial charge in [0.2, 0.25) is 0 Å². The van der Waals surface area contributed by atoms with Crippen molar-refractivity contribution in [3.63, 3.8) is 0 Å². The molecule has 1 aliphatic carbocycles. The zero-order valence-corrected chi connectivity index (χ0v) is 16.1. The normalized spacial score (nSPS) is 24.5. The first-order valence-corrected chi connectivity index (χ1v) is 9.01. The minimum Gasteiger partial charge on any atom is -0.369 e. The van der Waals surface area contributed by atoms with E-state index in [0.29, 0.717) is 5.92 Å². The summed E-state index contributed by atoms with van der Waals surface area (Å²) in [6, 6.07) is 8.96. The lowest BCUT2D eigenvalue weighted by molar-refractivity contribution is -0.119. The molecule has 2 unspecified atom stereocenters. The van der Waals surface area contributed by atoms with Crippen LogP contribution in [0.1, 0.15) is 57.1 Å². The average Bonchev–Trinajstić information content (AvgIpc) is 2.54. The van der Waals surface area contributed by atoms with E-state index in [4.69, 9.17) is 4.74 Å². The minimum atomic E-state index is -0.0599. The molecule has 1 saturated carbocycles. The molecule has 1 aromatic carbocycles. The van der Waals surface area contributed by atoms with Crippen molar-refractivity contribution in [1.29, 1.82) is 0 Å². The third-order valence-corrected chi connectivity index (χ3v) is 5.26. The van der Waals surface area contributed by atoms with E-state index in [2.05, 4.69) is 57.1 Å². The van der Waals surface area contributed by atoms with Crippen LogP contribution >= 0.6 is 12.4 Å². The van der Waals surface area contributed by atoms with Crippen molar-refractivity contribution in [1.82, 2.24) is 4.90 Å². The van der Waals surface area contributed by atoms with Crippen LogP contribution in [0.3, 0.4) is 0 Å². The molecule has 2 atom stereocenters. The van der Waals surface area contributed by atoms with Crippen LogP contribution < -0.4 is 0 Å². The second-order valence-electron chi connectivity index (χ2n) is 6.90. The SMILES string of the molecule is CCc1ccccc1C1(OCCN(C)C)CCCCC1CC.Cl. The first-order chi connectivity index (χ1) is 10.6. The summed E-state index contributed by atoms with van der Waals surface area (Å²) in [6.45, 7) is 6.40. The molecule has 0 saturated heterocycles. The van der Waals surface area contributed by atoms with Crippen molar-refractivity contribution in [2.45, 2.75) is 58.0 Å². The number of rotatable bonds is 7. The molecule has 0 bridgehead atoms. The Balaban J connectivity index is 0.00000264. The highest BCUT2D eigenvalue weighted by Gasteiger charge is 2.43. The first-order valence-electron chi connectivity index (χ1n) is 9.01. The highest BCUT2D eigenvalue weighted by Crippen LogP contribution is 2.47. The van der Waals surface area contributed by atoms with Gasteiger partial charge in [0, 0.05) is 6.54 Å². The molecule has 0 heterocycles. The molecule has 1 fully saturated rings. The lowest BCUT2D eigenvalue weighted by Crippen LogP contribution is -2.42. The average molecular weight is 340 g/mol. The van der Waals surface area contributed by atoms with Crippen molar-refractivity contribution in [2.24, 2.45) is 5.92 Å². The predicted octanol–water partition coefficient (Wildman–Crippen LogP) is 5.04. The zero-order valence-electron chi connectivity index (χ0n) is 15.3. The molecule has 0 radical (unpaired) electrons. The van der Waals surface area contributed by atoms with Gasteiger partial charge in [0.05, 0.1) is 12.2 Å². The molecule has 132 valence electrons. The molecular weight excluding hydrogens is 306 g/mol. The second kappa shape index (κ2) is 9.66. The quantitative estimate of drug-likeness (QED) is 0.689. The van der Waals surface area contributed by atoms with Crippen LogP contribution in [0.15, 0.2) is 24.3 Å². The summed E-state index contributed by atoms with van der Waals surface area (Å²) in [5, 5.41) is 0. The molecule has 0 spiro atoms. The molecule has 3 heteroatoms. The Morgan fingerprint density at radius 3 is 2.57 bits per heavy atom. The fourth-order valence-corrected chi connectivity index (χ4v) is 4.02. The van der Waals surface area contributed by atoms with Crippen molar-refractivity contribution in [3.05, 3.63) is 35.4 Å². The van der Waals surface area contributed by atoms with Gasteiger partial charge in [0.25, 0.3) is 0 Å². The van der Waals surface area contributed by atoms with Gasteiger partial charge >= 0.3 is 0 Å². The van der Waals surface area contributed by atoms with Crippen molar-refractivity contribution < 1.29 is 4.74 Å². The second-order valence-corrected chi connectivity index (χ2v) is 6.90. The van der Waals surface area contributed by atoms with E-state index < -0.39 is 0 Å². The Kier molecular flexibility index (Phi) is 8.60. The first kappa shape index (κ1) is 20.5. The van der Waals surface area contributed by atoms with Gasteiger partial charge in [-0.2, -0.15) is 0 Å². The Bertz CT molecular complexity index is 463. The summed E-state index contributed by atoms with van der Waals surface area (Å²) in [5.74, 6) is 0.649. The van der Waals surface area contributed by atoms with E-state index in [1.807, 2.05) is 0 Å². The topological polar surface area (TPSA) is 12.5 Å². The third-order valence-electron chi connectivity index (χ3n) is 5.26. The van der Waals surface area contributed by atoms with Gasteiger partial charge in [0.15, 0.2) is 0 Å². The molecule has 0 aliphatic heterocycles. The van der Waals surface area contributed by atoms with E-state index in [-0.39, 0.29) is 18.0 Å². The predicted molar refractivity (Wildman–Crippen MR) is 102 cm³/mol. The van der Waals surface area contributed by atoms with Gasteiger partial charge in [0.1, 0.15) is 0 Å². The Hall–Kier alpha value is -0.570. The minimum absolute atomic E-state index is 0. The number of likely N-dealkylation sites (N-methyl/N-ethyl adjacent to an activating group) is 1. The molecule has 2 rings (SSSR count). The highest BCUT2D eigenvalue weighted by atomic mass is 35.5. The smallest absolute Gasteiger partial charge is 0.0962 e. The summed E-state index contributed by atoms with van der Waals surface area (Å²) >= 11 is 0. The summed E-state index contributed by atoms with van der Waals surface area (Å²) in [5.41, 5.74) is 2.87. The van der Waals surface area contributed by atoms with Gasteiger partial charge < -0.3 is 9.64 Å². The molecule has 2 nitrogen and oxygen atoms in total. The van der Waals surface area contributed by atoms with Crippen molar-refractivity contribution in [2.75, 3.05) is 27.2 Å². The van der Waals surface area contributed by atoms with Crippen LogP contribution in [0.25, 0.3) is 0 Å². The van der Waals surface area contributed by atoms with Gasteiger partial charge in [-0.3, -0.25) is 0 Å². The molecule has 1 aromatic rings. The number of nitrogens with zero attached hydrogens (tertiary/aromatic N) is 1. The highest BCUT2D eigenvalue weighted by molar-refractivity contribution is 5.85. The van der Waals surface area contributed by atoms with Crippen LogP contribution in [0.5, 0.6) is 0 Å². The number of ether oxygens (including phenoxy) is 1. The van der Waals surface area contributed by atoms with E-state index in [0.717, 1.165) is 19.6 Å². The van der Waals surface area contributed by atoms with Crippen LogP contribution in [0.4, 0.5) is 0 Å². The maximum atomic E-state index is 6.67. The van der Waals surface area contributed by atoms with Gasteiger partial charge in [-0.15, -0.1) is 12.4 Å². The molecule has 0 aromatic heterocycles. The molecular formula is C20H34ClNO. The third kappa shape index (κ3) is 4.71. The van der Waals surface area contributed by atoms with Crippen LogP contribution in [-0.2, 0) is 16.8 Å². The van der Waals surface area contributed by atoms with Gasteiger partial charge in [-0.05, 0) is 50.4 Å². The molecule has 0 amide bonds. The van der Waals surface area contributed by atoms with Crippen molar-refractivity contribution in [3.8, 4) is 0 Å². The fraction of sp³-hybridized carbons (Fsp3) is 0.700. The molecule has 23 heavy (non-hydrogen) atoms. The summed E-state index contributed by atoms with van der Waals surface area (Å²) in [6.07, 6.45) is 7.42. The number of benzene rings is 1. The van der Waals surface area contributed by atoms with Gasteiger partial charge in [-0.1, -0.05) is 57.4 Å². The van der Waals surface area contributed by atoms with Gasteiger partial charge in [-0.25, -0.2) is 0 Å². The van der Waals surface area contributed by atoms with E-state index in [9.17, 15) is 0 Å². The van der Waals surface area contributed by atoms with Crippen LogP contribution in [-0.4, -0.2) is 32.1 Å². The van der Waals surface area contributed by atoms with Crippen molar-refractivity contribution >= 4 is 12.4 Å². The Labute approximate surface area is 149 Å². The van der Waals surface area contributed by atoms with Crippen LogP contribution in [0, 0.1) is 5.92 Å². The number of hydrogen-bond donors (Lipinski definition) is 0. The molecule has 1 aliphatic rings. The number of halogens is 1. The molecule has 0 N–H and O–H groups in total. The lowest BCUT2D eigenvalue weighted by atomic mass is 9.69. The maximum absolute atomic E-state index is 6.67. The maximum Gasteiger partial charge on any atom is 0.0962 e. The lowest BCUT2D eigenvalue weighted by Gasteiger charge is -2.45. The largest absolute Gasteiger partial charge is 0.369 e. The summed E-state index contributed by atoms with van der Waals surface area (Å²) in [4.78, 5) is 2.21. The number of hydrogen-bond acceptors (Lipinski definition) is 2. The van der Waals surface area contributed by atoms with E-state index in [1.165, 1.54) is 43.2 Å². The summed E-state index contributed by atoms with van der Waals surface area (Å²) < 4.78 is 6.67. The Morgan fingerprint density at radius 1 is 1.17 bits per heavy atom. The standard InChI is InChI=1S/C20H33NO.ClH/c1-5-17-11-7-8-13-19(17)20(22-16-15-21(3)4)14-10-9-12-18(20)6-2;/h7-8,11,13,18H,5-6,9-10,12,14-16H2,1-4H3;1H. The number of aryl methyl sites for hydroxylation is 1. The fourth-order valence-electron chi connectivity index (χ4n) is 4.02. The van der Waals surface area contributed by atoms with E-state index in [1.54, 1.807) is 0 Å². The summed E-state index contributed by atoms with van der Waals surface area (Å²) in [7, 11) is 4.24. The zero-order chi connectivity index (χ0) is 16.0. The van der Waals surface area contributed by atoms with E-state index >= 15 is 0 Å². The monoisotopic (exact) mass is 339 g/mol.